The molecule has 1 aromatic carbocycles. The van der Waals surface area contributed by atoms with E-state index in [-0.39, 0.29) is 0 Å². The van der Waals surface area contributed by atoms with Gasteiger partial charge in [-0.2, -0.15) is 0 Å². The van der Waals surface area contributed by atoms with Crippen LogP contribution in [0.1, 0.15) is 12.0 Å². The van der Waals surface area contributed by atoms with E-state index >= 15 is 0 Å². The summed E-state index contributed by atoms with van der Waals surface area (Å²) in [5.74, 6) is 0. The highest BCUT2D eigenvalue weighted by Gasteiger charge is 2.19. The van der Waals surface area contributed by atoms with E-state index in [2.05, 4.69) is 34.1 Å². The standard InChI is InChI=1S/C14H17N3/c15-13-5-7-17(10-13)9-12-3-1-2-11-8-16-6-4-14(11)12/h1-4,6,8,13H,5,7,9-10,15H2/t13-/m0/s1. The van der Waals surface area contributed by atoms with Crippen LogP contribution in [0.4, 0.5) is 0 Å². The van der Waals surface area contributed by atoms with Crippen molar-refractivity contribution in [3.05, 3.63) is 42.2 Å². The fourth-order valence-corrected chi connectivity index (χ4v) is 2.57. The Hall–Kier alpha value is -1.45. The summed E-state index contributed by atoms with van der Waals surface area (Å²) in [6.45, 7) is 3.12. The second kappa shape index (κ2) is 4.43. The highest BCUT2D eigenvalue weighted by Crippen LogP contribution is 2.20. The molecule has 1 atom stereocenters. The second-order valence-corrected chi connectivity index (χ2v) is 4.80. The molecule has 0 aliphatic carbocycles. The molecule has 0 amide bonds. The van der Waals surface area contributed by atoms with Crippen molar-refractivity contribution in [3.8, 4) is 0 Å². The fraction of sp³-hybridized carbons (Fsp3) is 0.357. The van der Waals surface area contributed by atoms with Crippen molar-refractivity contribution in [1.82, 2.24) is 9.88 Å². The second-order valence-electron chi connectivity index (χ2n) is 4.80. The van der Waals surface area contributed by atoms with Crippen LogP contribution in [0.5, 0.6) is 0 Å². The largest absolute Gasteiger partial charge is 0.326 e. The van der Waals surface area contributed by atoms with Crippen molar-refractivity contribution in [1.29, 1.82) is 0 Å². The van der Waals surface area contributed by atoms with Gasteiger partial charge in [0.2, 0.25) is 0 Å². The van der Waals surface area contributed by atoms with E-state index in [0.717, 1.165) is 26.1 Å². The summed E-state index contributed by atoms with van der Waals surface area (Å²) >= 11 is 0. The van der Waals surface area contributed by atoms with Crippen LogP contribution in [-0.2, 0) is 6.54 Å². The van der Waals surface area contributed by atoms with Crippen LogP contribution in [-0.4, -0.2) is 29.0 Å². The number of likely N-dealkylation sites (tertiary alicyclic amines) is 1. The number of hydrogen-bond acceptors (Lipinski definition) is 3. The molecule has 2 aromatic rings. The van der Waals surface area contributed by atoms with Crippen LogP contribution in [0.25, 0.3) is 10.8 Å². The number of aromatic nitrogens is 1. The zero-order chi connectivity index (χ0) is 11.7. The van der Waals surface area contributed by atoms with Gasteiger partial charge < -0.3 is 5.73 Å². The van der Waals surface area contributed by atoms with E-state index in [1.807, 2.05) is 12.4 Å². The smallest absolute Gasteiger partial charge is 0.0346 e. The SMILES string of the molecule is N[C@H]1CCN(Cc2cccc3cnccc23)C1. The van der Waals surface area contributed by atoms with Crippen LogP contribution >= 0.6 is 0 Å². The molecule has 3 rings (SSSR count). The van der Waals surface area contributed by atoms with Crippen molar-refractivity contribution < 1.29 is 0 Å². The minimum Gasteiger partial charge on any atom is -0.326 e. The van der Waals surface area contributed by atoms with E-state index in [1.54, 1.807) is 0 Å². The molecular weight excluding hydrogens is 210 g/mol. The van der Waals surface area contributed by atoms with Gasteiger partial charge in [0.1, 0.15) is 0 Å². The molecule has 2 N–H and O–H groups in total. The Morgan fingerprint density at radius 1 is 1.35 bits per heavy atom. The third-order valence-electron chi connectivity index (χ3n) is 3.47. The molecule has 1 aliphatic heterocycles. The third-order valence-corrected chi connectivity index (χ3v) is 3.47. The molecule has 0 spiro atoms. The lowest BCUT2D eigenvalue weighted by Crippen LogP contribution is -2.26. The normalized spacial score (nSPS) is 21.1. The molecule has 1 aliphatic rings. The molecule has 0 saturated carbocycles. The first-order chi connectivity index (χ1) is 8.33. The molecule has 0 unspecified atom stereocenters. The maximum Gasteiger partial charge on any atom is 0.0346 e. The Balaban J connectivity index is 1.90. The number of benzene rings is 1. The summed E-state index contributed by atoms with van der Waals surface area (Å²) in [4.78, 5) is 6.59. The highest BCUT2D eigenvalue weighted by molar-refractivity contribution is 5.84. The Morgan fingerprint density at radius 3 is 3.12 bits per heavy atom. The molecular formula is C14H17N3. The number of pyridine rings is 1. The third kappa shape index (κ3) is 2.16. The van der Waals surface area contributed by atoms with E-state index < -0.39 is 0 Å². The number of hydrogen-bond donors (Lipinski definition) is 1. The van der Waals surface area contributed by atoms with Crippen molar-refractivity contribution in [2.75, 3.05) is 13.1 Å². The summed E-state index contributed by atoms with van der Waals surface area (Å²) in [5, 5.41) is 2.52. The van der Waals surface area contributed by atoms with Gasteiger partial charge in [-0.05, 0) is 23.4 Å². The summed E-state index contributed by atoms with van der Waals surface area (Å²) < 4.78 is 0. The zero-order valence-corrected chi connectivity index (χ0v) is 9.84. The predicted octanol–water partition coefficient (Wildman–Crippen LogP) is 1.77. The average molecular weight is 227 g/mol. The van der Waals surface area contributed by atoms with Gasteiger partial charge in [-0.25, -0.2) is 0 Å². The molecule has 17 heavy (non-hydrogen) atoms. The van der Waals surface area contributed by atoms with E-state index in [0.29, 0.717) is 6.04 Å². The molecule has 1 saturated heterocycles. The molecule has 0 bridgehead atoms. The first-order valence-electron chi connectivity index (χ1n) is 6.12. The van der Waals surface area contributed by atoms with Crippen LogP contribution in [0, 0.1) is 0 Å². The van der Waals surface area contributed by atoms with Gasteiger partial charge in [0.25, 0.3) is 0 Å². The van der Waals surface area contributed by atoms with E-state index in [4.69, 9.17) is 5.73 Å². The number of rotatable bonds is 2. The molecule has 3 nitrogen and oxygen atoms in total. The predicted molar refractivity (Wildman–Crippen MR) is 69.6 cm³/mol. The first-order valence-corrected chi connectivity index (χ1v) is 6.12. The summed E-state index contributed by atoms with van der Waals surface area (Å²) in [7, 11) is 0. The summed E-state index contributed by atoms with van der Waals surface area (Å²) in [6.07, 6.45) is 4.91. The number of nitrogens with two attached hydrogens (primary N) is 1. The molecule has 1 fully saturated rings. The van der Waals surface area contributed by atoms with Crippen LogP contribution in [0.3, 0.4) is 0 Å². The van der Waals surface area contributed by atoms with Crippen LogP contribution < -0.4 is 5.73 Å². The van der Waals surface area contributed by atoms with Gasteiger partial charge in [-0.1, -0.05) is 18.2 Å². The summed E-state index contributed by atoms with van der Waals surface area (Å²) in [6, 6.07) is 8.87. The Bertz CT molecular complexity index is 518. The van der Waals surface area contributed by atoms with E-state index in [9.17, 15) is 0 Å². The van der Waals surface area contributed by atoms with Gasteiger partial charge in [0.15, 0.2) is 0 Å². The van der Waals surface area contributed by atoms with Gasteiger partial charge in [0.05, 0.1) is 0 Å². The van der Waals surface area contributed by atoms with Crippen molar-refractivity contribution in [2.45, 2.75) is 19.0 Å². The van der Waals surface area contributed by atoms with Crippen molar-refractivity contribution in [2.24, 2.45) is 5.73 Å². The average Bonchev–Trinajstić information content (AvgIpc) is 2.75. The molecule has 1 aromatic heterocycles. The number of fused-ring (bicyclic) bond motifs is 1. The topological polar surface area (TPSA) is 42.1 Å². The van der Waals surface area contributed by atoms with Gasteiger partial charge >= 0.3 is 0 Å². The lowest BCUT2D eigenvalue weighted by Gasteiger charge is -2.16. The highest BCUT2D eigenvalue weighted by atomic mass is 15.2. The van der Waals surface area contributed by atoms with Gasteiger partial charge in [-0.15, -0.1) is 0 Å². The monoisotopic (exact) mass is 227 g/mol. The molecule has 88 valence electrons. The maximum absolute atomic E-state index is 5.94. The Labute approximate surface area is 101 Å². The maximum atomic E-state index is 5.94. The van der Waals surface area contributed by atoms with Crippen LogP contribution in [0.15, 0.2) is 36.7 Å². The number of nitrogens with zero attached hydrogens (tertiary/aromatic N) is 2. The summed E-state index contributed by atoms with van der Waals surface area (Å²) in [5.41, 5.74) is 7.31. The molecule has 2 heterocycles. The Kier molecular flexibility index (Phi) is 2.79. The molecule has 0 radical (unpaired) electrons. The van der Waals surface area contributed by atoms with Crippen molar-refractivity contribution >= 4 is 10.8 Å². The quantitative estimate of drug-likeness (QED) is 0.850. The van der Waals surface area contributed by atoms with Gasteiger partial charge in [-0.3, -0.25) is 9.88 Å². The molecule has 3 heteroatoms. The first kappa shape index (κ1) is 10.7. The minimum absolute atomic E-state index is 0.353. The lowest BCUT2D eigenvalue weighted by atomic mass is 10.1. The van der Waals surface area contributed by atoms with Gasteiger partial charge in [0, 0.05) is 43.5 Å². The fourth-order valence-electron chi connectivity index (χ4n) is 2.57. The minimum atomic E-state index is 0.353. The Morgan fingerprint density at radius 2 is 2.29 bits per heavy atom. The van der Waals surface area contributed by atoms with Crippen molar-refractivity contribution in [3.63, 3.8) is 0 Å². The lowest BCUT2D eigenvalue weighted by molar-refractivity contribution is 0.328. The van der Waals surface area contributed by atoms with E-state index in [1.165, 1.54) is 16.3 Å². The van der Waals surface area contributed by atoms with Crippen LogP contribution in [0.2, 0.25) is 0 Å². The zero-order valence-electron chi connectivity index (χ0n) is 9.84.